The van der Waals surface area contributed by atoms with E-state index in [-0.39, 0.29) is 50.3 Å². The van der Waals surface area contributed by atoms with E-state index in [2.05, 4.69) is 0 Å². The number of hydrogen-bond donors (Lipinski definition) is 5. The molecule has 5 aliphatic heterocycles. The predicted octanol–water partition coefficient (Wildman–Crippen LogP) is 5.03. The van der Waals surface area contributed by atoms with Gasteiger partial charge < -0.3 is 87.4 Å². The molecule has 0 unspecified atom stereocenters. The van der Waals surface area contributed by atoms with Crippen LogP contribution in [0.3, 0.4) is 0 Å². The summed E-state index contributed by atoms with van der Waals surface area (Å²) < 4.78 is 70.4. The first kappa shape index (κ1) is 62.3. The van der Waals surface area contributed by atoms with Crippen molar-refractivity contribution in [3.63, 3.8) is 0 Å². The zero-order chi connectivity index (χ0) is 57.0. The van der Waals surface area contributed by atoms with Gasteiger partial charge in [0.15, 0.2) is 37.4 Å². The molecule has 0 saturated carbocycles. The van der Waals surface area contributed by atoms with E-state index in [1.165, 1.54) is 21.1 Å². The topological polar surface area (TPSA) is 245 Å². The number of hydrogen-bond acceptors (Lipinski definition) is 20. The molecular weight excluding hydrogens is 1010 g/mol. The first-order valence-electron chi connectivity index (χ1n) is 27.8. The van der Waals surface area contributed by atoms with Gasteiger partial charge in [-0.2, -0.15) is 0 Å². The Morgan fingerprint density at radius 3 is 2.08 bits per heavy atom. The molecule has 5 saturated heterocycles. The lowest BCUT2D eigenvalue weighted by Crippen LogP contribution is -2.63. The Bertz CT molecular complexity index is 2220. The van der Waals surface area contributed by atoms with E-state index in [1.807, 2.05) is 93.5 Å². The maximum atomic E-state index is 14.8. The minimum absolute atomic E-state index is 0.0601. The highest BCUT2D eigenvalue weighted by Crippen LogP contribution is 2.43. The van der Waals surface area contributed by atoms with E-state index < -0.39 is 139 Å². The zero-order valence-corrected chi connectivity index (χ0v) is 48.1. The summed E-state index contributed by atoms with van der Waals surface area (Å²) >= 11 is 0. The third-order valence-corrected chi connectivity index (χ3v) is 17.0. The minimum Gasteiger partial charge on any atom is -0.459 e. The number of likely N-dealkylation sites (N-methyl/N-ethyl adjacent to an activating group) is 1. The van der Waals surface area contributed by atoms with Crippen LogP contribution >= 0.6 is 0 Å². The molecule has 5 heterocycles. The van der Waals surface area contributed by atoms with Crippen LogP contribution in [-0.4, -0.2) is 192 Å². The highest BCUT2D eigenvalue weighted by Gasteiger charge is 2.56. The van der Waals surface area contributed by atoms with Crippen LogP contribution in [0.15, 0.2) is 65.8 Å². The molecule has 5 fully saturated rings. The fourth-order valence-electron chi connectivity index (χ4n) is 12.3. The number of ether oxygens (including phenoxy) is 11. The van der Waals surface area contributed by atoms with Crippen LogP contribution in [0, 0.1) is 23.7 Å². The molecule has 2 aromatic rings. The van der Waals surface area contributed by atoms with E-state index in [1.54, 1.807) is 48.5 Å². The quantitative estimate of drug-likeness (QED) is 0.123. The van der Waals surface area contributed by atoms with Gasteiger partial charge in [-0.3, -0.25) is 4.79 Å². The van der Waals surface area contributed by atoms with Crippen molar-refractivity contribution in [3.8, 4) is 0 Å². The smallest absolute Gasteiger partial charge is 0.311 e. The Balaban J connectivity index is 1.33. The summed E-state index contributed by atoms with van der Waals surface area (Å²) in [6, 6.07) is 18.7. The van der Waals surface area contributed by atoms with E-state index in [4.69, 9.17) is 62.1 Å². The number of aliphatic hydroxyl groups excluding tert-OH is 3. The fourth-order valence-corrected chi connectivity index (χ4v) is 12.3. The van der Waals surface area contributed by atoms with Gasteiger partial charge in [-0.05, 0) is 80.5 Å². The van der Waals surface area contributed by atoms with Crippen molar-refractivity contribution in [2.75, 3.05) is 34.9 Å². The summed E-state index contributed by atoms with van der Waals surface area (Å²) in [4.78, 5) is 23.5. The van der Waals surface area contributed by atoms with Crippen LogP contribution in [0.1, 0.15) is 112 Å². The molecule has 20 heteroatoms. The third kappa shape index (κ3) is 13.8. The van der Waals surface area contributed by atoms with Crippen LogP contribution < -0.4 is 0 Å². The number of fused-ring (bicyclic) bond motifs is 1. The molecule has 2 aromatic carbocycles. The van der Waals surface area contributed by atoms with Crippen LogP contribution in [0.25, 0.3) is 0 Å². The molecule has 0 amide bonds. The third-order valence-electron chi connectivity index (χ3n) is 17.0. The van der Waals surface area contributed by atoms with E-state index in [9.17, 15) is 30.3 Å². The second-order valence-corrected chi connectivity index (χ2v) is 23.4. The molecule has 0 radical (unpaired) electrons. The van der Waals surface area contributed by atoms with Crippen LogP contribution in [0.5, 0.6) is 0 Å². The van der Waals surface area contributed by atoms with Gasteiger partial charge in [-0.15, -0.1) is 0 Å². The number of cyclic esters (lactones) is 1. The van der Waals surface area contributed by atoms with Crippen molar-refractivity contribution in [1.82, 2.24) is 4.90 Å². The summed E-state index contributed by atoms with van der Waals surface area (Å²) in [5, 5.41) is 66.5. The molecule has 5 N–H and O–H groups in total. The molecule has 5 aliphatic rings. The predicted molar refractivity (Wildman–Crippen MR) is 284 cm³/mol. The number of esters is 1. The largest absolute Gasteiger partial charge is 0.459 e. The van der Waals surface area contributed by atoms with Crippen molar-refractivity contribution >= 4 is 11.7 Å². The van der Waals surface area contributed by atoms with E-state index >= 15 is 0 Å². The summed E-state index contributed by atoms with van der Waals surface area (Å²) in [5.74, 6) is -4.62. The average molecular weight is 1100 g/mol. The Kier molecular flexibility index (Phi) is 21.0. The van der Waals surface area contributed by atoms with Crippen molar-refractivity contribution in [1.29, 1.82) is 0 Å². The lowest BCUT2D eigenvalue weighted by Gasteiger charge is -2.49. The lowest BCUT2D eigenvalue weighted by molar-refractivity contribution is -0.368. The summed E-state index contributed by atoms with van der Waals surface area (Å²) in [5.41, 5.74) is -3.22. The maximum Gasteiger partial charge on any atom is 0.311 e. The normalized spacial score (nSPS) is 44.8. The second kappa shape index (κ2) is 26.3. The Hall–Kier alpha value is -3.26. The number of oxime groups is 1. The number of rotatable bonds is 14. The Morgan fingerprint density at radius 2 is 1.45 bits per heavy atom. The second-order valence-electron chi connectivity index (χ2n) is 23.4. The summed E-state index contributed by atoms with van der Waals surface area (Å²) in [7, 11) is 6.72. The van der Waals surface area contributed by atoms with Crippen molar-refractivity contribution < 1.29 is 87.3 Å². The summed E-state index contributed by atoms with van der Waals surface area (Å²) in [6.45, 7) is 17.2. The first-order chi connectivity index (χ1) is 36.8. The molecule has 0 aromatic heterocycles. The van der Waals surface area contributed by atoms with Gasteiger partial charge in [0.2, 0.25) is 0 Å². The zero-order valence-electron chi connectivity index (χ0n) is 48.1. The standard InChI is InChI=1S/C58H90N2O18/c1-15-41-58(10,66)49(62)33(4)43(59-78-47-46-40(30-70-53(76-46)38-24-20-17-21-25-38)73-55(67-13)48(47)69-29-37-22-18-16-19-23-37)31(2)27-56(8,65)51(77-54-44(61)39(60(11)12)26-32(3)71-54)34(5)45(35(6)52(64)74-41)75-42-28-57(9,68-14)50(63)36(7)72-42/h16-25,31-36,39-42,44-51,53-55,61-63,65-66H,15,26-30H2,1-14H3/b59-43+/t31-,32-,33+,34+,35-,36+,39+,40-,41+,42+,44-,45+,46-,47+,48-,49-,50+,51-,53-,54+,55-,56-,57-,58-/m1/s1. The number of benzene rings is 2. The summed E-state index contributed by atoms with van der Waals surface area (Å²) in [6.07, 6.45) is -15.7. The molecule has 0 aliphatic carbocycles. The highest BCUT2D eigenvalue weighted by molar-refractivity contribution is 5.88. The van der Waals surface area contributed by atoms with Crippen LogP contribution in [0.4, 0.5) is 0 Å². The van der Waals surface area contributed by atoms with Crippen molar-refractivity contribution in [3.05, 3.63) is 71.8 Å². The number of methoxy groups -OCH3 is 2. The molecular formula is C58H90N2O18. The fraction of sp³-hybridized carbons (Fsp3) is 0.759. The maximum absolute atomic E-state index is 14.8. The van der Waals surface area contributed by atoms with Gasteiger partial charge in [0.1, 0.15) is 36.1 Å². The van der Waals surface area contributed by atoms with Crippen molar-refractivity contribution in [2.45, 2.75) is 223 Å². The molecule has 7 rings (SSSR count). The Morgan fingerprint density at radius 1 is 0.782 bits per heavy atom. The molecule has 440 valence electrons. The van der Waals surface area contributed by atoms with E-state index in [0.717, 1.165) is 11.1 Å². The van der Waals surface area contributed by atoms with Crippen molar-refractivity contribution in [2.24, 2.45) is 28.8 Å². The molecule has 20 nitrogen and oxygen atoms in total. The molecule has 0 bridgehead atoms. The molecule has 78 heavy (non-hydrogen) atoms. The van der Waals surface area contributed by atoms with Crippen LogP contribution in [0.2, 0.25) is 0 Å². The highest BCUT2D eigenvalue weighted by atomic mass is 16.8. The average Bonchev–Trinajstić information content (AvgIpc) is 3.42. The number of carbonyl (C=O) groups is 1. The van der Waals surface area contributed by atoms with Gasteiger partial charge in [-0.25, -0.2) is 0 Å². The van der Waals surface area contributed by atoms with Gasteiger partial charge in [0.05, 0.1) is 66.6 Å². The minimum atomic E-state index is -2.09. The lowest BCUT2D eigenvalue weighted by atomic mass is 9.73. The van der Waals surface area contributed by atoms with Gasteiger partial charge in [-0.1, -0.05) is 93.5 Å². The van der Waals surface area contributed by atoms with Crippen LogP contribution in [-0.2, 0) is 68.3 Å². The van der Waals surface area contributed by atoms with Gasteiger partial charge in [0, 0.05) is 50.0 Å². The monoisotopic (exact) mass is 1100 g/mol. The van der Waals surface area contributed by atoms with Gasteiger partial charge in [0.25, 0.3) is 0 Å². The van der Waals surface area contributed by atoms with E-state index in [0.29, 0.717) is 6.42 Å². The number of nitrogens with zero attached hydrogens (tertiary/aromatic N) is 2. The Labute approximate surface area is 460 Å². The molecule has 24 atom stereocenters. The number of aliphatic hydroxyl groups is 5. The first-order valence-corrected chi connectivity index (χ1v) is 27.8. The SMILES string of the molecule is CC[C@@H]1OC(=O)[C@H](C)[C@@H](O[C@H]2C[C@@](C)(OC)[C@@H](O)[C@H](C)O2)[C@H](C)[C@@H](O[C@@H]2O[C@H](C)C[C@H](N(C)C)[C@H]2O)[C@](C)(O)C[C@@H](C)/C(=N\O[C@@H]2[C@@H](OCc3ccccc3)[C@H](OC)O[C@@H]3CO[C@@H](c4ccccc4)O[C@@H]23)[C@H](C)[C@@H](O)[C@]1(C)O. The molecule has 0 spiro atoms. The number of carbonyl (C=O) groups excluding carboxylic acids is 1. The van der Waals surface area contributed by atoms with Gasteiger partial charge >= 0.3 is 5.97 Å².